The van der Waals surface area contributed by atoms with E-state index in [0.717, 1.165) is 16.5 Å². The molecular weight excluding hydrogens is 306 g/mol. The molecule has 6 heteroatoms. The second-order valence-electron chi connectivity index (χ2n) is 5.76. The van der Waals surface area contributed by atoms with Crippen LogP contribution in [0.4, 0.5) is 0 Å². The monoisotopic (exact) mass is 321 g/mol. The maximum Gasteiger partial charge on any atom is 0.306 e. The van der Waals surface area contributed by atoms with E-state index in [1.54, 1.807) is 12.3 Å². The second kappa shape index (κ2) is 5.65. The summed E-state index contributed by atoms with van der Waals surface area (Å²) in [4.78, 5) is 22.8. The van der Waals surface area contributed by atoms with Crippen molar-refractivity contribution in [3.05, 3.63) is 34.5 Å². The van der Waals surface area contributed by atoms with E-state index in [9.17, 15) is 9.59 Å². The minimum absolute atomic E-state index is 0.0389. The molecule has 3 rings (SSSR count). The first-order chi connectivity index (χ1) is 10.5. The number of carboxylic acids is 1. The molecule has 2 N–H and O–H groups in total. The minimum atomic E-state index is -0.793. The van der Waals surface area contributed by atoms with Gasteiger partial charge in [0.25, 0.3) is 0 Å². The van der Waals surface area contributed by atoms with Gasteiger partial charge in [0.15, 0.2) is 0 Å². The summed E-state index contributed by atoms with van der Waals surface area (Å²) in [5.74, 6) is -1.24. The lowest BCUT2D eigenvalue weighted by atomic mass is 9.80. The Bertz CT molecular complexity index is 746. The number of amides is 1. The van der Waals surface area contributed by atoms with E-state index >= 15 is 0 Å². The summed E-state index contributed by atoms with van der Waals surface area (Å²) in [7, 11) is 0. The summed E-state index contributed by atoms with van der Waals surface area (Å²) >= 11 is 6.05. The highest BCUT2D eigenvalue weighted by molar-refractivity contribution is 6.32. The average Bonchev–Trinajstić information content (AvgIpc) is 2.81. The predicted molar refractivity (Wildman–Crippen MR) is 82.0 cm³/mol. The number of carbonyl (C=O) groups excluding carboxylic acids is 1. The molecule has 2 aromatic rings. The molecule has 1 aliphatic rings. The molecule has 1 aliphatic carbocycles. The molecule has 1 heterocycles. The molecular formula is C16H16ClNO4. The fourth-order valence-electron chi connectivity index (χ4n) is 2.79. The fraction of sp³-hybridized carbons (Fsp3) is 0.375. The Hall–Kier alpha value is -2.01. The summed E-state index contributed by atoms with van der Waals surface area (Å²) in [6.07, 6.45) is 2.79. The fourth-order valence-corrected chi connectivity index (χ4v) is 2.94. The summed E-state index contributed by atoms with van der Waals surface area (Å²) in [5.41, 5.74) is 2.36. The van der Waals surface area contributed by atoms with E-state index in [-0.39, 0.29) is 24.3 Å². The Morgan fingerprint density at radius 2 is 2.14 bits per heavy atom. The van der Waals surface area contributed by atoms with Crippen LogP contribution in [0.3, 0.4) is 0 Å². The van der Waals surface area contributed by atoms with Crippen molar-refractivity contribution in [2.24, 2.45) is 5.92 Å². The van der Waals surface area contributed by atoms with Gasteiger partial charge in [0.05, 0.1) is 18.6 Å². The van der Waals surface area contributed by atoms with Crippen molar-refractivity contribution in [3.63, 3.8) is 0 Å². The Morgan fingerprint density at radius 3 is 2.82 bits per heavy atom. The van der Waals surface area contributed by atoms with Gasteiger partial charge in [-0.3, -0.25) is 9.59 Å². The van der Waals surface area contributed by atoms with Gasteiger partial charge >= 0.3 is 5.97 Å². The summed E-state index contributed by atoms with van der Waals surface area (Å²) in [6.45, 7) is 1.87. The van der Waals surface area contributed by atoms with Gasteiger partial charge in [-0.1, -0.05) is 11.6 Å². The van der Waals surface area contributed by atoms with Crippen LogP contribution in [-0.4, -0.2) is 23.0 Å². The van der Waals surface area contributed by atoms with Crippen LogP contribution in [-0.2, 0) is 16.0 Å². The van der Waals surface area contributed by atoms with Crippen LogP contribution in [0.2, 0.25) is 5.02 Å². The number of carbonyl (C=O) groups is 2. The van der Waals surface area contributed by atoms with E-state index < -0.39 is 5.97 Å². The van der Waals surface area contributed by atoms with Crippen molar-refractivity contribution in [2.45, 2.75) is 32.2 Å². The van der Waals surface area contributed by atoms with Crippen molar-refractivity contribution in [1.82, 2.24) is 5.32 Å². The van der Waals surface area contributed by atoms with Crippen LogP contribution in [0.5, 0.6) is 0 Å². The predicted octanol–water partition coefficient (Wildman–Crippen LogP) is 2.92. The van der Waals surface area contributed by atoms with E-state index in [0.29, 0.717) is 23.4 Å². The molecule has 0 aliphatic heterocycles. The highest BCUT2D eigenvalue weighted by atomic mass is 35.5. The van der Waals surface area contributed by atoms with Crippen molar-refractivity contribution >= 4 is 34.4 Å². The summed E-state index contributed by atoms with van der Waals surface area (Å²) in [5, 5.41) is 13.2. The van der Waals surface area contributed by atoms with Crippen LogP contribution in [0.15, 0.2) is 22.8 Å². The number of halogens is 1. The molecule has 1 saturated carbocycles. The van der Waals surface area contributed by atoms with Crippen LogP contribution in [0.25, 0.3) is 11.0 Å². The van der Waals surface area contributed by atoms with E-state index in [2.05, 4.69) is 5.32 Å². The molecule has 22 heavy (non-hydrogen) atoms. The first-order valence-electron chi connectivity index (χ1n) is 7.13. The zero-order chi connectivity index (χ0) is 15.9. The SMILES string of the molecule is Cc1c(Cl)ccc2c(CC(=O)NC3CC(C(=O)O)C3)coc12. The number of carboxylic acid groups (broad SMARTS) is 1. The van der Waals surface area contributed by atoms with Gasteiger partial charge in [-0.15, -0.1) is 0 Å². The van der Waals surface area contributed by atoms with Gasteiger partial charge in [-0.25, -0.2) is 0 Å². The van der Waals surface area contributed by atoms with Crippen LogP contribution in [0, 0.1) is 12.8 Å². The number of fused-ring (bicyclic) bond motifs is 1. The van der Waals surface area contributed by atoms with Crippen molar-refractivity contribution < 1.29 is 19.1 Å². The summed E-state index contributed by atoms with van der Waals surface area (Å²) in [6, 6.07) is 3.60. The molecule has 0 saturated heterocycles. The topological polar surface area (TPSA) is 79.5 Å². The summed E-state index contributed by atoms with van der Waals surface area (Å²) < 4.78 is 5.51. The average molecular weight is 322 g/mol. The van der Waals surface area contributed by atoms with Crippen LogP contribution < -0.4 is 5.32 Å². The van der Waals surface area contributed by atoms with Crippen LogP contribution >= 0.6 is 11.6 Å². The quantitative estimate of drug-likeness (QED) is 0.907. The minimum Gasteiger partial charge on any atom is -0.481 e. The van der Waals surface area contributed by atoms with Crippen molar-refractivity contribution in [1.29, 1.82) is 0 Å². The number of aliphatic carboxylic acids is 1. The molecule has 1 aromatic heterocycles. The van der Waals surface area contributed by atoms with E-state index in [1.807, 2.05) is 13.0 Å². The van der Waals surface area contributed by atoms with E-state index in [4.69, 9.17) is 21.1 Å². The maximum absolute atomic E-state index is 12.1. The molecule has 0 atom stereocenters. The lowest BCUT2D eigenvalue weighted by Crippen LogP contribution is -2.47. The zero-order valence-corrected chi connectivity index (χ0v) is 12.8. The Kier molecular flexibility index (Phi) is 3.83. The van der Waals surface area contributed by atoms with Gasteiger partial charge in [0.2, 0.25) is 5.91 Å². The van der Waals surface area contributed by atoms with Crippen molar-refractivity contribution in [2.75, 3.05) is 0 Å². The maximum atomic E-state index is 12.1. The Labute approximate surface area is 132 Å². The number of rotatable bonds is 4. The molecule has 0 spiro atoms. The van der Waals surface area contributed by atoms with Gasteiger partial charge < -0.3 is 14.8 Å². The molecule has 1 amide bonds. The lowest BCUT2D eigenvalue weighted by molar-refractivity contribution is -0.146. The highest BCUT2D eigenvalue weighted by Gasteiger charge is 2.35. The third-order valence-corrected chi connectivity index (χ3v) is 4.62. The number of nitrogens with one attached hydrogen (secondary N) is 1. The van der Waals surface area contributed by atoms with Gasteiger partial charge in [0, 0.05) is 27.6 Å². The van der Waals surface area contributed by atoms with Crippen molar-refractivity contribution in [3.8, 4) is 0 Å². The lowest BCUT2D eigenvalue weighted by Gasteiger charge is -2.32. The molecule has 5 nitrogen and oxygen atoms in total. The number of furan rings is 1. The van der Waals surface area contributed by atoms with Gasteiger partial charge in [-0.05, 0) is 31.9 Å². The zero-order valence-electron chi connectivity index (χ0n) is 12.1. The van der Waals surface area contributed by atoms with E-state index in [1.165, 1.54) is 0 Å². The molecule has 0 bridgehead atoms. The first kappa shape index (κ1) is 14.9. The standard InChI is InChI=1S/C16H16ClNO4/c1-8-13(17)3-2-12-10(7-22-15(8)12)6-14(19)18-11-4-9(5-11)16(20)21/h2-3,7,9,11H,4-6H2,1H3,(H,18,19)(H,20,21). The molecule has 1 aromatic carbocycles. The Morgan fingerprint density at radius 1 is 1.41 bits per heavy atom. The number of aryl methyl sites for hydroxylation is 1. The molecule has 0 radical (unpaired) electrons. The number of hydrogen-bond donors (Lipinski definition) is 2. The molecule has 1 fully saturated rings. The van der Waals surface area contributed by atoms with Gasteiger partial charge in [0.1, 0.15) is 5.58 Å². The van der Waals surface area contributed by atoms with Gasteiger partial charge in [-0.2, -0.15) is 0 Å². The second-order valence-corrected chi connectivity index (χ2v) is 6.16. The molecule has 0 unspecified atom stereocenters. The van der Waals surface area contributed by atoms with Crippen LogP contribution in [0.1, 0.15) is 24.0 Å². The highest BCUT2D eigenvalue weighted by Crippen LogP contribution is 2.30. The third kappa shape index (κ3) is 2.68. The first-order valence-corrected chi connectivity index (χ1v) is 7.51. The smallest absolute Gasteiger partial charge is 0.306 e. The third-order valence-electron chi connectivity index (χ3n) is 4.21. The normalized spacial score (nSPS) is 20.6. The Balaban J connectivity index is 1.65. The number of benzene rings is 1. The molecule has 116 valence electrons. The number of hydrogen-bond acceptors (Lipinski definition) is 3. The largest absolute Gasteiger partial charge is 0.481 e.